The second-order valence-corrected chi connectivity index (χ2v) is 6.40. The molecule has 0 saturated heterocycles. The normalized spacial score (nSPS) is 11.5. The molecule has 0 unspecified atom stereocenters. The Bertz CT molecular complexity index is 696. The lowest BCUT2D eigenvalue weighted by Crippen LogP contribution is -2.12. The molecule has 1 aromatic carbocycles. The number of hydrogen-bond donors (Lipinski definition) is 2. The van der Waals surface area contributed by atoms with Crippen molar-refractivity contribution in [1.29, 1.82) is 0 Å². The number of rotatable bonds is 4. The van der Waals surface area contributed by atoms with Crippen molar-refractivity contribution >= 4 is 31.6 Å². The molecular formula is C11H13BrN4O2S. The van der Waals surface area contributed by atoms with Gasteiger partial charge in [-0.1, -0.05) is 0 Å². The highest BCUT2D eigenvalue weighted by atomic mass is 79.9. The number of sulfonamides is 1. The number of anilines is 1. The molecule has 2 aromatic rings. The third-order valence-electron chi connectivity index (χ3n) is 2.65. The number of primary sulfonamides is 1. The van der Waals surface area contributed by atoms with Crippen molar-refractivity contribution in [2.45, 2.75) is 11.4 Å². The smallest absolute Gasteiger partial charge is 0.238 e. The van der Waals surface area contributed by atoms with Crippen LogP contribution < -0.4 is 10.5 Å². The minimum absolute atomic E-state index is 0.0745. The summed E-state index contributed by atoms with van der Waals surface area (Å²) in [4.78, 5) is 0.0745. The highest BCUT2D eigenvalue weighted by Crippen LogP contribution is 2.25. The molecular weight excluding hydrogens is 332 g/mol. The molecule has 0 amide bonds. The van der Waals surface area contributed by atoms with Gasteiger partial charge in [-0.25, -0.2) is 13.6 Å². The van der Waals surface area contributed by atoms with Crippen LogP contribution in [-0.2, 0) is 23.6 Å². The maximum atomic E-state index is 11.2. The van der Waals surface area contributed by atoms with Gasteiger partial charge in [-0.3, -0.25) is 4.68 Å². The second-order valence-electron chi connectivity index (χ2n) is 3.99. The monoisotopic (exact) mass is 344 g/mol. The SMILES string of the molecule is Cn1nccc1CNc1ccc(S(N)(=O)=O)cc1Br. The number of aryl methyl sites for hydroxylation is 1. The lowest BCUT2D eigenvalue weighted by molar-refractivity contribution is 0.598. The fourth-order valence-electron chi connectivity index (χ4n) is 1.58. The Kier molecular flexibility index (Phi) is 3.93. The van der Waals surface area contributed by atoms with Gasteiger partial charge in [0.1, 0.15) is 0 Å². The maximum Gasteiger partial charge on any atom is 0.238 e. The first-order chi connectivity index (χ1) is 8.88. The van der Waals surface area contributed by atoms with E-state index < -0.39 is 10.0 Å². The van der Waals surface area contributed by atoms with Gasteiger partial charge in [0.15, 0.2) is 0 Å². The van der Waals surface area contributed by atoms with E-state index in [4.69, 9.17) is 5.14 Å². The summed E-state index contributed by atoms with van der Waals surface area (Å²) in [5, 5.41) is 12.3. The van der Waals surface area contributed by atoms with Gasteiger partial charge in [0.25, 0.3) is 0 Å². The molecule has 2 rings (SSSR count). The number of nitrogens with zero attached hydrogens (tertiary/aromatic N) is 2. The molecule has 1 heterocycles. The fraction of sp³-hybridized carbons (Fsp3) is 0.182. The number of nitrogens with one attached hydrogen (secondary N) is 1. The van der Waals surface area contributed by atoms with Crippen molar-refractivity contribution in [2.75, 3.05) is 5.32 Å². The van der Waals surface area contributed by atoms with Crippen molar-refractivity contribution in [3.05, 3.63) is 40.6 Å². The van der Waals surface area contributed by atoms with Crippen LogP contribution in [0.2, 0.25) is 0 Å². The first kappa shape index (κ1) is 14.0. The topological polar surface area (TPSA) is 90.0 Å². The van der Waals surface area contributed by atoms with E-state index in [1.54, 1.807) is 16.9 Å². The molecule has 1 aromatic heterocycles. The highest BCUT2D eigenvalue weighted by Gasteiger charge is 2.10. The lowest BCUT2D eigenvalue weighted by Gasteiger charge is -2.09. The Morgan fingerprint density at radius 1 is 1.42 bits per heavy atom. The minimum Gasteiger partial charge on any atom is -0.378 e. The van der Waals surface area contributed by atoms with Crippen LogP contribution in [-0.4, -0.2) is 18.2 Å². The minimum atomic E-state index is -3.68. The molecule has 0 aliphatic heterocycles. The van der Waals surface area contributed by atoms with Gasteiger partial charge >= 0.3 is 0 Å². The molecule has 0 atom stereocenters. The Labute approximate surface area is 119 Å². The maximum absolute atomic E-state index is 11.2. The molecule has 0 saturated carbocycles. The highest BCUT2D eigenvalue weighted by molar-refractivity contribution is 9.10. The average molecular weight is 345 g/mol. The van der Waals surface area contributed by atoms with Gasteiger partial charge in [-0.15, -0.1) is 0 Å². The lowest BCUT2D eigenvalue weighted by atomic mass is 10.3. The van der Waals surface area contributed by atoms with E-state index in [2.05, 4.69) is 26.3 Å². The van der Waals surface area contributed by atoms with Crippen molar-refractivity contribution in [1.82, 2.24) is 9.78 Å². The molecule has 0 fully saturated rings. The van der Waals surface area contributed by atoms with E-state index in [9.17, 15) is 8.42 Å². The van der Waals surface area contributed by atoms with Crippen LogP contribution in [0, 0.1) is 0 Å². The number of hydrogen-bond acceptors (Lipinski definition) is 4. The Hall–Kier alpha value is -1.38. The zero-order chi connectivity index (χ0) is 14.0. The predicted octanol–water partition coefficient (Wildman–Crippen LogP) is 1.44. The summed E-state index contributed by atoms with van der Waals surface area (Å²) in [6.45, 7) is 0.587. The predicted molar refractivity (Wildman–Crippen MR) is 76.0 cm³/mol. The number of benzene rings is 1. The summed E-state index contributed by atoms with van der Waals surface area (Å²) >= 11 is 3.32. The third kappa shape index (κ3) is 3.34. The Morgan fingerprint density at radius 3 is 2.68 bits per heavy atom. The first-order valence-electron chi connectivity index (χ1n) is 5.41. The standard InChI is InChI=1S/C11H13BrN4O2S/c1-16-8(4-5-15-16)7-14-11-3-2-9(6-10(11)12)19(13,17)18/h2-6,14H,7H2,1H3,(H2,13,17,18). The summed E-state index contributed by atoms with van der Waals surface area (Å²) < 4.78 is 24.8. The van der Waals surface area contributed by atoms with Crippen LogP contribution in [0.1, 0.15) is 5.69 Å². The summed E-state index contributed by atoms with van der Waals surface area (Å²) in [6, 6.07) is 6.51. The zero-order valence-electron chi connectivity index (χ0n) is 10.2. The van der Waals surface area contributed by atoms with Gasteiger partial charge in [0.2, 0.25) is 10.0 Å². The van der Waals surface area contributed by atoms with Gasteiger partial charge in [-0.2, -0.15) is 5.10 Å². The van der Waals surface area contributed by atoms with Crippen molar-refractivity contribution in [2.24, 2.45) is 12.2 Å². The zero-order valence-corrected chi connectivity index (χ0v) is 12.6. The quantitative estimate of drug-likeness (QED) is 0.877. The van der Waals surface area contributed by atoms with E-state index in [0.717, 1.165) is 11.4 Å². The van der Waals surface area contributed by atoms with Gasteiger partial charge in [-0.05, 0) is 40.2 Å². The van der Waals surface area contributed by atoms with Crippen LogP contribution in [0.25, 0.3) is 0 Å². The fourth-order valence-corrected chi connectivity index (χ4v) is 2.79. The van der Waals surface area contributed by atoms with E-state index in [1.165, 1.54) is 12.1 Å². The number of halogens is 1. The number of nitrogens with two attached hydrogens (primary N) is 1. The van der Waals surface area contributed by atoms with Crippen LogP contribution in [0.4, 0.5) is 5.69 Å². The van der Waals surface area contributed by atoms with Crippen LogP contribution in [0.3, 0.4) is 0 Å². The molecule has 0 bridgehead atoms. The second kappa shape index (κ2) is 5.32. The van der Waals surface area contributed by atoms with E-state index in [-0.39, 0.29) is 4.90 Å². The molecule has 0 aliphatic carbocycles. The third-order valence-corrected chi connectivity index (χ3v) is 4.22. The van der Waals surface area contributed by atoms with Crippen LogP contribution in [0.5, 0.6) is 0 Å². The molecule has 102 valence electrons. The van der Waals surface area contributed by atoms with Gasteiger partial charge in [0, 0.05) is 23.4 Å². The van der Waals surface area contributed by atoms with Crippen LogP contribution >= 0.6 is 15.9 Å². The summed E-state index contributed by atoms with van der Waals surface area (Å²) in [5.41, 5.74) is 1.80. The van der Waals surface area contributed by atoms with Crippen LogP contribution in [0.15, 0.2) is 39.8 Å². The average Bonchev–Trinajstić information content (AvgIpc) is 2.72. The molecule has 0 spiro atoms. The van der Waals surface area contributed by atoms with E-state index in [0.29, 0.717) is 11.0 Å². The van der Waals surface area contributed by atoms with E-state index >= 15 is 0 Å². The molecule has 8 heteroatoms. The molecule has 0 aliphatic rings. The van der Waals surface area contributed by atoms with Crippen molar-refractivity contribution in [3.63, 3.8) is 0 Å². The first-order valence-corrected chi connectivity index (χ1v) is 7.75. The van der Waals surface area contributed by atoms with Crippen molar-refractivity contribution in [3.8, 4) is 0 Å². The molecule has 6 nitrogen and oxygen atoms in total. The Balaban J connectivity index is 2.16. The Morgan fingerprint density at radius 2 is 2.16 bits per heavy atom. The molecule has 0 radical (unpaired) electrons. The van der Waals surface area contributed by atoms with Crippen molar-refractivity contribution < 1.29 is 8.42 Å². The molecule has 19 heavy (non-hydrogen) atoms. The van der Waals surface area contributed by atoms with Gasteiger partial charge in [0.05, 0.1) is 17.1 Å². The van der Waals surface area contributed by atoms with Gasteiger partial charge < -0.3 is 5.32 Å². The summed E-state index contributed by atoms with van der Waals surface area (Å²) in [7, 11) is -1.82. The summed E-state index contributed by atoms with van der Waals surface area (Å²) in [5.74, 6) is 0. The largest absolute Gasteiger partial charge is 0.378 e. The van der Waals surface area contributed by atoms with E-state index in [1.807, 2.05) is 13.1 Å². The number of aromatic nitrogens is 2. The summed E-state index contributed by atoms with van der Waals surface area (Å²) in [6.07, 6.45) is 1.72. The molecule has 3 N–H and O–H groups in total.